The van der Waals surface area contributed by atoms with Crippen molar-refractivity contribution in [3.8, 4) is 22.3 Å². The van der Waals surface area contributed by atoms with Gasteiger partial charge < -0.3 is 0 Å². The Morgan fingerprint density at radius 2 is 0.955 bits per heavy atom. The van der Waals surface area contributed by atoms with Crippen LogP contribution in [0.2, 0.25) is 0 Å². The van der Waals surface area contributed by atoms with E-state index in [2.05, 4.69) is 133 Å². The van der Waals surface area contributed by atoms with Crippen molar-refractivity contribution >= 4 is 95.9 Å². The standard InChI is InChI=1S/C40H22N2S2/c1-3-11-30-27(8-1)28-9-2-4-12-31(28)37-36(30)41-38-33-22-25(20-21-35(33)44-40(38)42-37)23-16-18-24(19-17-23)26-13-7-14-32-29-10-5-6-15-34(29)43-39(26)32/h1-22H. The Kier molecular flexibility index (Phi) is 5.06. The topological polar surface area (TPSA) is 25.8 Å². The Hall–Kier alpha value is -5.16. The fourth-order valence-electron chi connectivity index (χ4n) is 6.80. The lowest BCUT2D eigenvalue weighted by Crippen LogP contribution is -1.89. The molecule has 0 aliphatic carbocycles. The summed E-state index contributed by atoms with van der Waals surface area (Å²) in [5.41, 5.74) is 7.84. The van der Waals surface area contributed by atoms with E-state index in [4.69, 9.17) is 9.97 Å². The van der Waals surface area contributed by atoms with Crippen LogP contribution < -0.4 is 0 Å². The van der Waals surface area contributed by atoms with Crippen LogP contribution >= 0.6 is 22.7 Å². The van der Waals surface area contributed by atoms with Crippen molar-refractivity contribution in [1.82, 2.24) is 9.97 Å². The lowest BCUT2D eigenvalue weighted by molar-refractivity contribution is 1.46. The van der Waals surface area contributed by atoms with E-state index >= 15 is 0 Å². The fourth-order valence-corrected chi connectivity index (χ4v) is 9.03. The monoisotopic (exact) mass is 594 g/mol. The van der Waals surface area contributed by atoms with E-state index in [9.17, 15) is 0 Å². The van der Waals surface area contributed by atoms with Gasteiger partial charge in [0.2, 0.25) is 0 Å². The summed E-state index contributed by atoms with van der Waals surface area (Å²) in [6.07, 6.45) is 0. The summed E-state index contributed by atoms with van der Waals surface area (Å²) in [6.45, 7) is 0. The van der Waals surface area contributed by atoms with Gasteiger partial charge in [-0.3, -0.25) is 0 Å². The van der Waals surface area contributed by atoms with Crippen molar-refractivity contribution in [3.63, 3.8) is 0 Å². The summed E-state index contributed by atoms with van der Waals surface area (Å²) in [5, 5.41) is 8.56. The third-order valence-corrected chi connectivity index (χ3v) is 11.2. The average Bonchev–Trinajstić information content (AvgIpc) is 3.65. The number of benzene rings is 7. The molecule has 7 aromatic carbocycles. The van der Waals surface area contributed by atoms with Gasteiger partial charge in [-0.05, 0) is 51.2 Å². The van der Waals surface area contributed by atoms with Crippen LogP contribution in [0.3, 0.4) is 0 Å². The molecule has 0 aliphatic heterocycles. The van der Waals surface area contributed by atoms with Crippen LogP contribution in [0, 0.1) is 0 Å². The Bertz CT molecular complexity index is 2770. The predicted octanol–water partition coefficient (Wildman–Crippen LogP) is 12.0. The second kappa shape index (κ2) is 9.17. The molecule has 2 nitrogen and oxygen atoms in total. The van der Waals surface area contributed by atoms with E-state index in [-0.39, 0.29) is 0 Å². The van der Waals surface area contributed by atoms with E-state index < -0.39 is 0 Å². The van der Waals surface area contributed by atoms with Gasteiger partial charge in [0.05, 0.1) is 11.0 Å². The first-order valence-corrected chi connectivity index (χ1v) is 16.4. The highest BCUT2D eigenvalue weighted by molar-refractivity contribution is 7.26. The largest absolute Gasteiger partial charge is 0.242 e. The molecule has 0 saturated heterocycles. The maximum atomic E-state index is 5.33. The van der Waals surface area contributed by atoms with Gasteiger partial charge in [0.1, 0.15) is 10.3 Å². The molecule has 0 N–H and O–H groups in total. The van der Waals surface area contributed by atoms with Crippen LogP contribution in [0.5, 0.6) is 0 Å². The zero-order chi connectivity index (χ0) is 28.8. The smallest absolute Gasteiger partial charge is 0.143 e. The van der Waals surface area contributed by atoms with Crippen molar-refractivity contribution in [2.45, 2.75) is 0 Å². The molecule has 0 fully saturated rings. The van der Waals surface area contributed by atoms with Crippen LogP contribution in [-0.2, 0) is 0 Å². The van der Waals surface area contributed by atoms with Crippen LogP contribution in [0.15, 0.2) is 133 Å². The number of aromatic nitrogens is 2. The highest BCUT2D eigenvalue weighted by Crippen LogP contribution is 2.42. The van der Waals surface area contributed by atoms with Gasteiger partial charge in [-0.25, -0.2) is 9.97 Å². The van der Waals surface area contributed by atoms with Gasteiger partial charge in [0.15, 0.2) is 0 Å². The van der Waals surface area contributed by atoms with Gasteiger partial charge in [0.25, 0.3) is 0 Å². The van der Waals surface area contributed by atoms with E-state index in [1.807, 2.05) is 11.3 Å². The second-order valence-electron chi connectivity index (χ2n) is 11.3. The summed E-state index contributed by atoms with van der Waals surface area (Å²) >= 11 is 3.60. The minimum atomic E-state index is 0.969. The molecular weight excluding hydrogens is 573 g/mol. The quantitative estimate of drug-likeness (QED) is 0.186. The highest BCUT2D eigenvalue weighted by atomic mass is 32.1. The molecule has 0 unspecified atom stereocenters. The second-order valence-corrected chi connectivity index (χ2v) is 13.4. The van der Waals surface area contributed by atoms with Crippen LogP contribution in [-0.4, -0.2) is 9.97 Å². The fraction of sp³-hybridized carbons (Fsp3) is 0. The SMILES string of the molecule is c1ccc2c(c1)sc1c(-c3ccc(-c4ccc5sc6nc7c8ccccc8c8ccccc8c7nc6c5c4)cc3)cccc12. The summed E-state index contributed by atoms with van der Waals surface area (Å²) < 4.78 is 3.89. The summed E-state index contributed by atoms with van der Waals surface area (Å²) in [7, 11) is 0. The molecule has 10 rings (SSSR count). The van der Waals surface area contributed by atoms with E-state index in [1.54, 1.807) is 11.3 Å². The number of thiophene rings is 2. The molecular formula is C40H22N2S2. The van der Waals surface area contributed by atoms with Gasteiger partial charge in [-0.2, -0.15) is 0 Å². The van der Waals surface area contributed by atoms with E-state index in [0.717, 1.165) is 37.5 Å². The van der Waals surface area contributed by atoms with Crippen molar-refractivity contribution in [1.29, 1.82) is 0 Å². The summed E-state index contributed by atoms with van der Waals surface area (Å²) in [5.74, 6) is 0. The Labute approximate surface area is 260 Å². The predicted molar refractivity (Wildman–Crippen MR) is 191 cm³/mol. The van der Waals surface area contributed by atoms with Gasteiger partial charge in [-0.1, -0.05) is 115 Å². The number of rotatable bonds is 2. The lowest BCUT2D eigenvalue weighted by atomic mass is 9.98. The maximum Gasteiger partial charge on any atom is 0.143 e. The number of hydrogen-bond acceptors (Lipinski definition) is 4. The molecule has 0 amide bonds. The molecule has 0 aliphatic rings. The Balaban J connectivity index is 1.12. The first kappa shape index (κ1) is 24.3. The molecule has 10 aromatic rings. The summed E-state index contributed by atoms with van der Waals surface area (Å²) in [4.78, 5) is 11.6. The van der Waals surface area contributed by atoms with Gasteiger partial charge >= 0.3 is 0 Å². The zero-order valence-electron chi connectivity index (χ0n) is 23.4. The number of fused-ring (bicyclic) bond motifs is 12. The van der Waals surface area contributed by atoms with Crippen LogP contribution in [0.4, 0.5) is 0 Å². The first-order chi connectivity index (χ1) is 21.8. The molecule has 0 bridgehead atoms. The molecule has 4 heteroatoms. The molecule has 44 heavy (non-hydrogen) atoms. The number of nitrogens with zero attached hydrogens (tertiary/aromatic N) is 2. The average molecular weight is 595 g/mol. The molecule has 0 spiro atoms. The molecule has 0 radical (unpaired) electrons. The van der Waals surface area contributed by atoms with Crippen LogP contribution in [0.25, 0.3) is 95.4 Å². The summed E-state index contributed by atoms with van der Waals surface area (Å²) in [6, 6.07) is 48.2. The Morgan fingerprint density at radius 3 is 1.73 bits per heavy atom. The molecule has 204 valence electrons. The first-order valence-electron chi connectivity index (χ1n) is 14.7. The third kappa shape index (κ3) is 3.47. The molecule has 0 atom stereocenters. The zero-order valence-corrected chi connectivity index (χ0v) is 25.0. The lowest BCUT2D eigenvalue weighted by Gasteiger charge is -2.09. The minimum absolute atomic E-state index is 0.969. The molecule has 0 saturated carbocycles. The van der Waals surface area contributed by atoms with E-state index in [0.29, 0.717) is 0 Å². The third-order valence-electron chi connectivity index (χ3n) is 8.89. The van der Waals surface area contributed by atoms with Gasteiger partial charge in [-0.15, -0.1) is 22.7 Å². The van der Waals surface area contributed by atoms with Crippen molar-refractivity contribution in [2.75, 3.05) is 0 Å². The van der Waals surface area contributed by atoms with E-state index in [1.165, 1.54) is 57.9 Å². The van der Waals surface area contributed by atoms with Crippen molar-refractivity contribution in [2.24, 2.45) is 0 Å². The maximum absolute atomic E-state index is 5.33. The highest BCUT2D eigenvalue weighted by Gasteiger charge is 2.16. The van der Waals surface area contributed by atoms with Crippen molar-refractivity contribution < 1.29 is 0 Å². The van der Waals surface area contributed by atoms with Gasteiger partial charge in [0, 0.05) is 41.0 Å². The minimum Gasteiger partial charge on any atom is -0.242 e. The van der Waals surface area contributed by atoms with Crippen molar-refractivity contribution in [3.05, 3.63) is 133 Å². The number of hydrogen-bond donors (Lipinski definition) is 0. The Morgan fingerprint density at radius 1 is 0.364 bits per heavy atom. The normalized spacial score (nSPS) is 12.1. The van der Waals surface area contributed by atoms with Crippen LogP contribution in [0.1, 0.15) is 0 Å². The molecule has 3 aromatic heterocycles. The molecule has 3 heterocycles.